The van der Waals surface area contributed by atoms with Gasteiger partial charge in [-0.3, -0.25) is 4.79 Å². The number of piperazine rings is 1. The Morgan fingerprint density at radius 1 is 1.18 bits per heavy atom. The summed E-state index contributed by atoms with van der Waals surface area (Å²) in [6.45, 7) is 9.69. The van der Waals surface area contributed by atoms with Crippen molar-refractivity contribution < 1.29 is 19.2 Å². The predicted molar refractivity (Wildman–Crippen MR) is 132 cm³/mol. The number of halogens is 1. The molecule has 0 bridgehead atoms. The topological polar surface area (TPSA) is 78.9 Å². The number of carbonyl (C=O) groups is 2. The first-order valence-corrected chi connectivity index (χ1v) is 11.5. The second-order valence-corrected chi connectivity index (χ2v) is 9.07. The number of anilines is 2. The number of aromatic amines is 1. The zero-order chi connectivity index (χ0) is 23.7. The van der Waals surface area contributed by atoms with Crippen molar-refractivity contribution >= 4 is 45.8 Å². The average Bonchev–Trinajstić information content (AvgIpc) is 3.17. The molecule has 2 heterocycles. The molecule has 174 valence electrons. The van der Waals surface area contributed by atoms with Gasteiger partial charge in [0.15, 0.2) is 6.04 Å². The van der Waals surface area contributed by atoms with Crippen molar-refractivity contribution in [3.8, 4) is 0 Å². The van der Waals surface area contributed by atoms with Gasteiger partial charge in [0, 0.05) is 21.6 Å². The first kappa shape index (κ1) is 23.1. The molecule has 33 heavy (non-hydrogen) atoms. The van der Waals surface area contributed by atoms with Gasteiger partial charge in [-0.2, -0.15) is 0 Å². The van der Waals surface area contributed by atoms with Crippen LogP contribution in [0.15, 0.2) is 36.4 Å². The Balaban J connectivity index is 1.49. The average molecular weight is 470 g/mol. The van der Waals surface area contributed by atoms with E-state index in [1.807, 2.05) is 6.92 Å². The molecular formula is C25H30ClN4O3+. The Morgan fingerprint density at radius 2 is 1.91 bits per heavy atom. The zero-order valence-electron chi connectivity index (χ0n) is 19.4. The molecule has 1 atom stereocenters. The number of aryl methyl sites for hydroxylation is 1. The van der Waals surface area contributed by atoms with Crippen LogP contribution in [0.3, 0.4) is 0 Å². The number of methoxy groups -OCH3 is 1. The Labute approximate surface area is 198 Å². The first-order chi connectivity index (χ1) is 15.8. The minimum Gasteiger partial charge on any atom is -0.464 e. The number of fused-ring (bicyclic) bond motifs is 1. The van der Waals surface area contributed by atoms with E-state index in [0.717, 1.165) is 26.2 Å². The Kier molecular flexibility index (Phi) is 6.63. The minimum absolute atomic E-state index is 0.142. The van der Waals surface area contributed by atoms with E-state index >= 15 is 0 Å². The zero-order valence-corrected chi connectivity index (χ0v) is 20.2. The van der Waals surface area contributed by atoms with E-state index < -0.39 is 5.97 Å². The van der Waals surface area contributed by atoms with Crippen LogP contribution in [-0.2, 0) is 9.53 Å². The molecule has 8 heteroatoms. The fourth-order valence-corrected chi connectivity index (χ4v) is 4.68. The summed E-state index contributed by atoms with van der Waals surface area (Å²) in [5, 5.41) is 4.17. The number of quaternary nitrogens is 1. The van der Waals surface area contributed by atoms with E-state index in [1.54, 1.807) is 18.2 Å². The molecule has 1 amide bonds. The number of amides is 1. The third-order valence-electron chi connectivity index (χ3n) is 6.73. The van der Waals surface area contributed by atoms with E-state index in [4.69, 9.17) is 16.3 Å². The number of rotatable bonds is 5. The number of aromatic nitrogens is 1. The van der Waals surface area contributed by atoms with Crippen molar-refractivity contribution in [2.75, 3.05) is 43.5 Å². The largest absolute Gasteiger partial charge is 0.464 e. The van der Waals surface area contributed by atoms with Crippen molar-refractivity contribution in [3.63, 3.8) is 0 Å². The van der Waals surface area contributed by atoms with Crippen LogP contribution >= 0.6 is 11.6 Å². The summed E-state index contributed by atoms with van der Waals surface area (Å²) >= 11 is 6.17. The first-order valence-electron chi connectivity index (χ1n) is 11.2. The molecular weight excluding hydrogens is 440 g/mol. The van der Waals surface area contributed by atoms with Gasteiger partial charge in [-0.25, -0.2) is 4.79 Å². The standard InChI is InChI=1S/C25H29ClN4O3/c1-15-6-5-7-21(16(15)2)30-12-10-29(11-13-30)17(3)24(31)28-22-19-14-18(26)8-9-20(19)27-23(22)25(32)33-4/h5-9,14,17,27H,10-13H2,1-4H3,(H,28,31)/p+1. The third kappa shape index (κ3) is 4.56. The number of esters is 1. The van der Waals surface area contributed by atoms with Crippen molar-refractivity contribution in [3.05, 3.63) is 58.2 Å². The van der Waals surface area contributed by atoms with Crippen LogP contribution in [0.5, 0.6) is 0 Å². The summed E-state index contributed by atoms with van der Waals surface area (Å²) in [6, 6.07) is 11.4. The van der Waals surface area contributed by atoms with E-state index in [9.17, 15) is 9.59 Å². The number of nitrogens with zero attached hydrogens (tertiary/aromatic N) is 1. The molecule has 0 spiro atoms. The maximum atomic E-state index is 13.2. The highest BCUT2D eigenvalue weighted by molar-refractivity contribution is 6.31. The van der Waals surface area contributed by atoms with Gasteiger partial charge in [0.05, 0.1) is 39.0 Å². The number of ether oxygens (including phenoxy) is 1. The number of benzene rings is 2. The second-order valence-electron chi connectivity index (χ2n) is 8.63. The van der Waals surface area contributed by atoms with Gasteiger partial charge in [-0.15, -0.1) is 0 Å². The van der Waals surface area contributed by atoms with Gasteiger partial charge < -0.3 is 24.8 Å². The smallest absolute Gasteiger partial charge is 0.356 e. The molecule has 1 aromatic heterocycles. The van der Waals surface area contributed by atoms with E-state index in [2.05, 4.69) is 47.2 Å². The van der Waals surface area contributed by atoms with Crippen molar-refractivity contribution in [2.24, 2.45) is 0 Å². The Morgan fingerprint density at radius 3 is 2.61 bits per heavy atom. The highest BCUT2D eigenvalue weighted by atomic mass is 35.5. The van der Waals surface area contributed by atoms with Crippen molar-refractivity contribution in [1.29, 1.82) is 0 Å². The molecule has 7 nitrogen and oxygen atoms in total. The van der Waals surface area contributed by atoms with Gasteiger partial charge >= 0.3 is 5.97 Å². The monoisotopic (exact) mass is 469 g/mol. The van der Waals surface area contributed by atoms with Gasteiger partial charge in [0.25, 0.3) is 5.91 Å². The quantitative estimate of drug-likeness (QED) is 0.502. The summed E-state index contributed by atoms with van der Waals surface area (Å²) in [6.07, 6.45) is 0. The fraction of sp³-hybridized carbons (Fsp3) is 0.360. The highest BCUT2D eigenvalue weighted by Gasteiger charge is 2.31. The molecule has 1 unspecified atom stereocenters. The van der Waals surface area contributed by atoms with Gasteiger partial charge in [-0.1, -0.05) is 23.7 Å². The summed E-state index contributed by atoms with van der Waals surface area (Å²) in [5.41, 5.74) is 5.19. The van der Waals surface area contributed by atoms with Crippen molar-refractivity contribution in [1.82, 2.24) is 4.98 Å². The van der Waals surface area contributed by atoms with Crippen molar-refractivity contribution in [2.45, 2.75) is 26.8 Å². The Bertz CT molecular complexity index is 1200. The molecule has 1 saturated heterocycles. The van der Waals surface area contributed by atoms with Crippen LogP contribution < -0.4 is 15.1 Å². The maximum Gasteiger partial charge on any atom is 0.356 e. The van der Waals surface area contributed by atoms with E-state index in [-0.39, 0.29) is 17.6 Å². The lowest BCUT2D eigenvalue weighted by Crippen LogP contribution is -3.19. The number of nitrogens with one attached hydrogen (secondary N) is 3. The molecule has 2 aromatic carbocycles. The van der Waals surface area contributed by atoms with Gasteiger partial charge in [-0.05, 0) is 56.2 Å². The summed E-state index contributed by atoms with van der Waals surface area (Å²) in [4.78, 5) is 32.2. The number of H-pyrrole nitrogens is 1. The SMILES string of the molecule is COC(=O)c1[nH]c2ccc(Cl)cc2c1NC(=O)C(C)[NH+]1CCN(c2cccc(C)c2C)CC1. The molecule has 0 saturated carbocycles. The minimum atomic E-state index is -0.542. The van der Waals surface area contributed by atoms with Crippen LogP contribution in [0.1, 0.15) is 28.5 Å². The van der Waals surface area contributed by atoms with Crippen LogP contribution in [0.25, 0.3) is 10.9 Å². The fourth-order valence-electron chi connectivity index (χ4n) is 4.51. The van der Waals surface area contributed by atoms with Gasteiger partial charge in [0.1, 0.15) is 5.69 Å². The van der Waals surface area contributed by atoms with E-state index in [0.29, 0.717) is 21.6 Å². The van der Waals surface area contributed by atoms with Crippen LogP contribution in [0, 0.1) is 13.8 Å². The van der Waals surface area contributed by atoms with Crippen LogP contribution in [0.4, 0.5) is 11.4 Å². The molecule has 1 fully saturated rings. The van der Waals surface area contributed by atoms with Crippen LogP contribution in [0.2, 0.25) is 5.02 Å². The molecule has 3 N–H and O–H groups in total. The number of carbonyl (C=O) groups excluding carboxylic acids is 2. The molecule has 0 radical (unpaired) electrons. The Hall–Kier alpha value is -3.03. The predicted octanol–water partition coefficient (Wildman–Crippen LogP) is 2.96. The van der Waals surface area contributed by atoms with E-state index in [1.165, 1.54) is 28.8 Å². The summed E-state index contributed by atoms with van der Waals surface area (Å²) < 4.78 is 4.90. The second kappa shape index (κ2) is 9.45. The lowest BCUT2D eigenvalue weighted by Gasteiger charge is -2.36. The molecule has 3 aromatic rings. The van der Waals surface area contributed by atoms with Crippen LogP contribution in [-0.4, -0.2) is 56.2 Å². The molecule has 1 aliphatic heterocycles. The molecule has 0 aliphatic carbocycles. The molecule has 1 aliphatic rings. The molecule has 4 rings (SSSR count). The number of hydrogen-bond donors (Lipinski definition) is 3. The summed E-state index contributed by atoms with van der Waals surface area (Å²) in [5.74, 6) is -0.684. The summed E-state index contributed by atoms with van der Waals surface area (Å²) in [7, 11) is 1.31. The highest BCUT2D eigenvalue weighted by Crippen LogP contribution is 2.31. The number of hydrogen-bond acceptors (Lipinski definition) is 4. The maximum absolute atomic E-state index is 13.2. The third-order valence-corrected chi connectivity index (χ3v) is 6.96. The normalized spacial score (nSPS) is 15.5. The lowest BCUT2D eigenvalue weighted by atomic mass is 10.1. The van der Waals surface area contributed by atoms with Gasteiger partial charge in [0.2, 0.25) is 0 Å². The lowest BCUT2D eigenvalue weighted by molar-refractivity contribution is -0.914.